The Morgan fingerprint density at radius 2 is 1.78 bits per heavy atom. The first-order chi connectivity index (χ1) is 15.3. The Bertz CT molecular complexity index is 1500. The summed E-state index contributed by atoms with van der Waals surface area (Å²) in [6.45, 7) is 1.72. The number of aromatic nitrogens is 2. The summed E-state index contributed by atoms with van der Waals surface area (Å²) in [6.07, 6.45) is 2.91. The van der Waals surface area contributed by atoms with E-state index in [4.69, 9.17) is 5.11 Å². The van der Waals surface area contributed by atoms with E-state index in [-0.39, 0.29) is 10.6 Å². The lowest BCUT2D eigenvalue weighted by Gasteiger charge is -2.13. The van der Waals surface area contributed by atoms with Crippen LogP contribution >= 0.6 is 0 Å². The Morgan fingerprint density at radius 1 is 0.969 bits per heavy atom. The number of fused-ring (bicyclic) bond motifs is 1. The Balaban J connectivity index is 1.70. The van der Waals surface area contributed by atoms with Gasteiger partial charge in [-0.25, -0.2) is 18.2 Å². The van der Waals surface area contributed by atoms with Gasteiger partial charge in [0.2, 0.25) is 0 Å². The van der Waals surface area contributed by atoms with E-state index < -0.39 is 16.0 Å². The molecule has 0 fully saturated rings. The molecular formula is C24H17N3O4S. The Kier molecular flexibility index (Phi) is 5.58. The van der Waals surface area contributed by atoms with Gasteiger partial charge in [-0.2, -0.15) is 0 Å². The first-order valence-electron chi connectivity index (χ1n) is 9.53. The minimum atomic E-state index is -3.95. The molecule has 4 rings (SSSR count). The van der Waals surface area contributed by atoms with Gasteiger partial charge in [-0.15, -0.1) is 0 Å². The van der Waals surface area contributed by atoms with Crippen molar-refractivity contribution in [3.05, 3.63) is 95.4 Å². The normalized spacial score (nSPS) is 10.9. The fourth-order valence-corrected chi connectivity index (χ4v) is 4.66. The van der Waals surface area contributed by atoms with Gasteiger partial charge in [0.05, 0.1) is 11.2 Å². The van der Waals surface area contributed by atoms with Crippen molar-refractivity contribution in [2.45, 2.75) is 11.8 Å². The number of benzene rings is 2. The van der Waals surface area contributed by atoms with Crippen molar-refractivity contribution in [3.8, 4) is 11.8 Å². The molecule has 0 unspecified atom stereocenters. The summed E-state index contributed by atoms with van der Waals surface area (Å²) in [5, 5.41) is 9.67. The quantitative estimate of drug-likeness (QED) is 0.464. The van der Waals surface area contributed by atoms with Gasteiger partial charge in [-0.1, -0.05) is 42.2 Å². The maximum absolute atomic E-state index is 13.3. The summed E-state index contributed by atoms with van der Waals surface area (Å²) in [7, 11) is -3.95. The number of nitrogens with one attached hydrogen (secondary N) is 1. The summed E-state index contributed by atoms with van der Waals surface area (Å²) in [5.74, 6) is 4.68. The fourth-order valence-electron chi connectivity index (χ4n) is 3.17. The number of pyridine rings is 2. The zero-order valence-corrected chi connectivity index (χ0v) is 17.7. The molecule has 0 spiro atoms. The van der Waals surface area contributed by atoms with Crippen LogP contribution in [-0.2, 0) is 10.0 Å². The molecule has 0 aliphatic rings. The summed E-state index contributed by atoms with van der Waals surface area (Å²) < 4.78 is 29.2. The molecule has 0 saturated heterocycles. The second kappa shape index (κ2) is 8.49. The van der Waals surface area contributed by atoms with E-state index in [2.05, 4.69) is 26.5 Å². The van der Waals surface area contributed by atoms with Crippen LogP contribution in [0.2, 0.25) is 0 Å². The van der Waals surface area contributed by atoms with Gasteiger partial charge in [-0.05, 0) is 42.8 Å². The molecule has 2 heterocycles. The zero-order chi connectivity index (χ0) is 22.7. The number of aryl methyl sites for hydroxylation is 1. The lowest BCUT2D eigenvalue weighted by Crippen LogP contribution is -2.16. The van der Waals surface area contributed by atoms with Gasteiger partial charge in [0.1, 0.15) is 10.6 Å². The highest BCUT2D eigenvalue weighted by Crippen LogP contribution is 2.27. The molecule has 0 aliphatic carbocycles. The van der Waals surface area contributed by atoms with Crippen LogP contribution in [0.3, 0.4) is 0 Å². The van der Waals surface area contributed by atoms with Crippen LogP contribution in [0.25, 0.3) is 10.9 Å². The highest BCUT2D eigenvalue weighted by Gasteiger charge is 2.22. The zero-order valence-electron chi connectivity index (χ0n) is 16.9. The third-order valence-corrected chi connectivity index (χ3v) is 6.23. The molecular weight excluding hydrogens is 426 g/mol. The minimum Gasteiger partial charge on any atom is -0.477 e. The van der Waals surface area contributed by atoms with Crippen LogP contribution in [0.4, 0.5) is 5.69 Å². The number of carbonyl (C=O) groups is 1. The fraction of sp³-hybridized carbons (Fsp3) is 0.0417. The van der Waals surface area contributed by atoms with E-state index in [0.717, 1.165) is 5.39 Å². The SMILES string of the molecule is Cc1ccc2cccnc2c1S(=O)(=O)Nc1ccccc1C#Cc1ccc(C(=O)O)nc1. The third kappa shape index (κ3) is 4.29. The molecule has 2 N–H and O–H groups in total. The summed E-state index contributed by atoms with van der Waals surface area (Å²) >= 11 is 0. The first kappa shape index (κ1) is 21.0. The topological polar surface area (TPSA) is 109 Å². The maximum atomic E-state index is 13.3. The Hall–Kier alpha value is -4.22. The predicted molar refractivity (Wildman–Crippen MR) is 121 cm³/mol. The lowest BCUT2D eigenvalue weighted by molar-refractivity contribution is 0.0690. The first-order valence-corrected chi connectivity index (χ1v) is 11.0. The van der Waals surface area contributed by atoms with Crippen LogP contribution in [0.15, 0.2) is 78.0 Å². The van der Waals surface area contributed by atoms with Gasteiger partial charge < -0.3 is 5.11 Å². The number of rotatable bonds is 4. The van der Waals surface area contributed by atoms with Gasteiger partial charge in [0.15, 0.2) is 0 Å². The van der Waals surface area contributed by atoms with E-state index in [9.17, 15) is 13.2 Å². The molecule has 0 bridgehead atoms. The molecule has 0 radical (unpaired) electrons. The molecule has 0 atom stereocenters. The number of hydrogen-bond acceptors (Lipinski definition) is 5. The van der Waals surface area contributed by atoms with Crippen LogP contribution in [-0.4, -0.2) is 29.5 Å². The van der Waals surface area contributed by atoms with E-state index in [1.54, 1.807) is 55.6 Å². The second-order valence-electron chi connectivity index (χ2n) is 6.93. The smallest absolute Gasteiger partial charge is 0.354 e. The number of hydrogen-bond donors (Lipinski definition) is 2. The number of anilines is 1. The molecule has 0 aliphatic heterocycles. The summed E-state index contributed by atoms with van der Waals surface area (Å²) in [6, 6.07) is 16.8. The van der Waals surface area contributed by atoms with Crippen molar-refractivity contribution >= 4 is 32.6 Å². The summed E-state index contributed by atoms with van der Waals surface area (Å²) in [5.41, 5.74) is 2.18. The van der Waals surface area contributed by atoms with Crippen LogP contribution in [0, 0.1) is 18.8 Å². The molecule has 2 aromatic heterocycles. The number of carboxylic acid groups (broad SMARTS) is 1. The molecule has 158 valence electrons. The predicted octanol–water partition coefficient (Wildman–Crippen LogP) is 3.84. The monoisotopic (exact) mass is 443 g/mol. The number of sulfonamides is 1. The standard InChI is InChI=1S/C24H17N3O4S/c1-16-8-11-19-6-4-14-25-22(19)23(16)32(30,31)27-20-7-3-2-5-18(20)12-9-17-10-13-21(24(28)29)26-15-17/h2-8,10-11,13-15,27H,1H3,(H,28,29). The second-order valence-corrected chi connectivity index (χ2v) is 8.54. The molecule has 7 nitrogen and oxygen atoms in total. The van der Waals surface area contributed by atoms with Crippen LogP contribution in [0.5, 0.6) is 0 Å². The van der Waals surface area contributed by atoms with E-state index in [1.165, 1.54) is 12.3 Å². The van der Waals surface area contributed by atoms with Gasteiger partial charge in [-0.3, -0.25) is 9.71 Å². The number of aromatic carboxylic acids is 1. The molecule has 0 saturated carbocycles. The van der Waals surface area contributed by atoms with Crippen molar-refractivity contribution in [1.82, 2.24) is 9.97 Å². The highest BCUT2D eigenvalue weighted by molar-refractivity contribution is 7.93. The minimum absolute atomic E-state index is 0.0808. The van der Waals surface area contributed by atoms with Gasteiger partial charge in [0, 0.05) is 28.9 Å². The Morgan fingerprint density at radius 3 is 2.53 bits per heavy atom. The maximum Gasteiger partial charge on any atom is 0.354 e. The van der Waals surface area contributed by atoms with Crippen molar-refractivity contribution in [2.24, 2.45) is 0 Å². The lowest BCUT2D eigenvalue weighted by atomic mass is 10.1. The molecule has 2 aromatic carbocycles. The average molecular weight is 443 g/mol. The molecule has 0 amide bonds. The van der Waals surface area contributed by atoms with E-state index >= 15 is 0 Å². The van der Waals surface area contributed by atoms with Crippen molar-refractivity contribution in [2.75, 3.05) is 4.72 Å². The third-order valence-electron chi connectivity index (χ3n) is 4.69. The van der Waals surface area contributed by atoms with E-state index in [0.29, 0.717) is 27.9 Å². The van der Waals surface area contributed by atoms with Crippen molar-refractivity contribution in [3.63, 3.8) is 0 Å². The van der Waals surface area contributed by atoms with Gasteiger partial charge in [0.25, 0.3) is 10.0 Å². The molecule has 32 heavy (non-hydrogen) atoms. The highest BCUT2D eigenvalue weighted by atomic mass is 32.2. The van der Waals surface area contributed by atoms with Crippen LogP contribution < -0.4 is 4.72 Å². The average Bonchev–Trinajstić information content (AvgIpc) is 2.78. The molecule has 4 aromatic rings. The number of carboxylic acids is 1. The largest absolute Gasteiger partial charge is 0.477 e. The van der Waals surface area contributed by atoms with Crippen LogP contribution in [0.1, 0.15) is 27.2 Å². The van der Waals surface area contributed by atoms with E-state index in [1.807, 2.05) is 12.1 Å². The summed E-state index contributed by atoms with van der Waals surface area (Å²) in [4.78, 5) is 19.1. The Labute approximate surface area is 184 Å². The van der Waals surface area contributed by atoms with Crippen molar-refractivity contribution < 1.29 is 18.3 Å². The number of nitrogens with zero attached hydrogens (tertiary/aromatic N) is 2. The number of para-hydroxylation sites is 1. The van der Waals surface area contributed by atoms with Gasteiger partial charge >= 0.3 is 5.97 Å². The molecule has 8 heteroatoms. The van der Waals surface area contributed by atoms with Crippen molar-refractivity contribution in [1.29, 1.82) is 0 Å².